The SMILES string of the molecule is C=CCCOC(=O)[C@@H]1[C@H]2C(=O)N([C@@H](CO)[C@@H](C)CC)C(C(=O)N(CC=C)CCN3CCOCC3)C23CC(C)[C@@]1(C)O3. The number of nitrogens with zero attached hydrogens (tertiary/aromatic N) is 3. The summed E-state index contributed by atoms with van der Waals surface area (Å²) in [6.07, 6.45) is 5.05. The van der Waals surface area contributed by atoms with Crippen molar-refractivity contribution in [2.45, 2.75) is 70.2 Å². The maximum absolute atomic E-state index is 14.7. The second-order valence-electron chi connectivity index (χ2n) is 12.4. The van der Waals surface area contributed by atoms with Crippen molar-refractivity contribution < 1.29 is 33.7 Å². The molecule has 4 fully saturated rings. The highest BCUT2D eigenvalue weighted by Gasteiger charge is 2.80. The van der Waals surface area contributed by atoms with Gasteiger partial charge in [-0.2, -0.15) is 0 Å². The van der Waals surface area contributed by atoms with E-state index in [9.17, 15) is 19.5 Å². The van der Waals surface area contributed by atoms with Gasteiger partial charge >= 0.3 is 5.97 Å². The Morgan fingerprint density at radius 2 is 1.98 bits per heavy atom. The van der Waals surface area contributed by atoms with Crippen LogP contribution in [0, 0.1) is 23.7 Å². The number of likely N-dealkylation sites (tertiary alicyclic amines) is 1. The number of aliphatic hydroxyl groups excluding tert-OH is 1. The molecule has 230 valence electrons. The second kappa shape index (κ2) is 12.9. The van der Waals surface area contributed by atoms with E-state index >= 15 is 0 Å². The Balaban J connectivity index is 1.74. The van der Waals surface area contributed by atoms with Crippen molar-refractivity contribution in [3.63, 3.8) is 0 Å². The third kappa shape index (κ3) is 5.48. The smallest absolute Gasteiger partial charge is 0.312 e. The lowest BCUT2D eigenvalue weighted by atomic mass is 9.62. The molecule has 4 aliphatic rings. The van der Waals surface area contributed by atoms with Gasteiger partial charge in [0.1, 0.15) is 17.6 Å². The van der Waals surface area contributed by atoms with Gasteiger partial charge in [0, 0.05) is 32.7 Å². The summed E-state index contributed by atoms with van der Waals surface area (Å²) >= 11 is 0. The lowest BCUT2D eigenvalue weighted by Gasteiger charge is -2.41. The molecular formula is C31H49N3O7. The summed E-state index contributed by atoms with van der Waals surface area (Å²) in [5.74, 6) is -2.88. The summed E-state index contributed by atoms with van der Waals surface area (Å²) in [4.78, 5) is 48.3. The fourth-order valence-electron chi connectivity index (χ4n) is 7.53. The molecule has 0 aromatic carbocycles. The molecule has 0 radical (unpaired) electrons. The summed E-state index contributed by atoms with van der Waals surface area (Å²) in [7, 11) is 0. The third-order valence-electron chi connectivity index (χ3n) is 10.1. The molecule has 1 N–H and O–H groups in total. The van der Waals surface area contributed by atoms with Crippen LogP contribution < -0.4 is 0 Å². The van der Waals surface area contributed by atoms with Gasteiger partial charge in [-0.3, -0.25) is 19.3 Å². The lowest BCUT2D eigenvalue weighted by molar-refractivity contribution is -0.164. The fourth-order valence-corrected chi connectivity index (χ4v) is 7.53. The summed E-state index contributed by atoms with van der Waals surface area (Å²) < 4.78 is 17.9. The number of rotatable bonds is 14. The molecule has 4 heterocycles. The van der Waals surface area contributed by atoms with E-state index in [4.69, 9.17) is 14.2 Å². The molecular weight excluding hydrogens is 526 g/mol. The van der Waals surface area contributed by atoms with Gasteiger partial charge in [0.05, 0.1) is 44.0 Å². The lowest BCUT2D eigenvalue weighted by Crippen LogP contribution is -2.60. The number of fused-ring (bicyclic) bond motifs is 1. The molecule has 0 aliphatic carbocycles. The number of morpholine rings is 1. The first kappa shape index (κ1) is 31.7. The Labute approximate surface area is 244 Å². The van der Waals surface area contributed by atoms with Gasteiger partial charge in [-0.15, -0.1) is 13.2 Å². The van der Waals surface area contributed by atoms with E-state index in [0.29, 0.717) is 52.1 Å². The van der Waals surface area contributed by atoms with Gasteiger partial charge in [-0.1, -0.05) is 39.3 Å². The van der Waals surface area contributed by atoms with E-state index in [1.54, 1.807) is 22.0 Å². The van der Waals surface area contributed by atoms with Crippen LogP contribution in [0.3, 0.4) is 0 Å². The summed E-state index contributed by atoms with van der Waals surface area (Å²) in [6, 6.07) is -1.56. The molecule has 0 aromatic heterocycles. The highest BCUT2D eigenvalue weighted by atomic mass is 16.6. The van der Waals surface area contributed by atoms with Crippen LogP contribution in [0.2, 0.25) is 0 Å². The van der Waals surface area contributed by atoms with Crippen molar-refractivity contribution in [2.75, 3.05) is 59.2 Å². The monoisotopic (exact) mass is 575 g/mol. The predicted octanol–water partition coefficient (Wildman–Crippen LogP) is 1.87. The van der Waals surface area contributed by atoms with Crippen LogP contribution in [0.25, 0.3) is 0 Å². The Kier molecular flexibility index (Phi) is 9.99. The average Bonchev–Trinajstić information content (AvgIpc) is 3.48. The molecule has 8 atom stereocenters. The Hall–Kier alpha value is -2.27. The van der Waals surface area contributed by atoms with Crippen molar-refractivity contribution in [3.05, 3.63) is 25.3 Å². The van der Waals surface area contributed by atoms with Crippen LogP contribution in [0.1, 0.15) is 47.0 Å². The number of carbonyl (C=O) groups is 3. The molecule has 41 heavy (non-hydrogen) atoms. The molecule has 0 saturated carbocycles. The van der Waals surface area contributed by atoms with Crippen LogP contribution in [0.4, 0.5) is 0 Å². The van der Waals surface area contributed by atoms with Crippen LogP contribution >= 0.6 is 0 Å². The molecule has 2 amide bonds. The van der Waals surface area contributed by atoms with Gasteiger partial charge in [0.15, 0.2) is 0 Å². The number of aliphatic hydroxyl groups is 1. The number of esters is 1. The first-order chi connectivity index (χ1) is 19.6. The van der Waals surface area contributed by atoms with Gasteiger partial charge < -0.3 is 29.1 Å². The molecule has 2 bridgehead atoms. The summed E-state index contributed by atoms with van der Waals surface area (Å²) in [5.41, 5.74) is -2.14. The first-order valence-electron chi connectivity index (χ1n) is 15.2. The average molecular weight is 576 g/mol. The van der Waals surface area contributed by atoms with Gasteiger partial charge in [-0.05, 0) is 31.6 Å². The van der Waals surface area contributed by atoms with Gasteiger partial charge in [0.2, 0.25) is 11.8 Å². The van der Waals surface area contributed by atoms with Gasteiger partial charge in [-0.25, -0.2) is 0 Å². The van der Waals surface area contributed by atoms with E-state index in [-0.39, 0.29) is 36.9 Å². The molecule has 10 heteroatoms. The van der Waals surface area contributed by atoms with E-state index < -0.39 is 41.1 Å². The van der Waals surface area contributed by atoms with Crippen molar-refractivity contribution in [1.82, 2.24) is 14.7 Å². The highest BCUT2D eigenvalue weighted by Crippen LogP contribution is 2.65. The highest BCUT2D eigenvalue weighted by molar-refractivity contribution is 5.98. The largest absolute Gasteiger partial charge is 0.465 e. The first-order valence-corrected chi connectivity index (χ1v) is 15.2. The molecule has 0 aromatic rings. The quantitative estimate of drug-likeness (QED) is 0.190. The summed E-state index contributed by atoms with van der Waals surface area (Å²) in [6.45, 7) is 19.7. The molecule has 4 aliphatic heterocycles. The minimum Gasteiger partial charge on any atom is -0.465 e. The normalized spacial score (nSPS) is 34.3. The van der Waals surface area contributed by atoms with E-state index in [2.05, 4.69) is 18.1 Å². The number of amides is 2. The Morgan fingerprint density at radius 1 is 1.27 bits per heavy atom. The molecule has 4 saturated heterocycles. The zero-order chi connectivity index (χ0) is 29.9. The van der Waals surface area contributed by atoms with Crippen LogP contribution in [-0.2, 0) is 28.6 Å². The van der Waals surface area contributed by atoms with Crippen molar-refractivity contribution in [3.8, 4) is 0 Å². The van der Waals surface area contributed by atoms with Crippen LogP contribution in [0.15, 0.2) is 25.3 Å². The topological polar surface area (TPSA) is 109 Å². The maximum Gasteiger partial charge on any atom is 0.312 e. The maximum atomic E-state index is 14.7. The Morgan fingerprint density at radius 3 is 2.59 bits per heavy atom. The molecule has 1 spiro atoms. The standard InChI is InChI=1S/C31H49N3O7/c1-7-10-16-40-29(38)25-24-27(36)34(23(20-35)21(4)9-3)26(31(24)19-22(5)30(25,6)41-31)28(37)33(11-8-2)13-12-32-14-17-39-18-15-32/h7-8,21-26,35H,1-2,9-20H2,3-6H3/t21-,22?,23-,24-,25-,26?,30+,31?/m0/s1. The Bertz CT molecular complexity index is 1000. The molecule has 4 rings (SSSR count). The zero-order valence-corrected chi connectivity index (χ0v) is 25.3. The van der Waals surface area contributed by atoms with Crippen LogP contribution in [0.5, 0.6) is 0 Å². The number of hydrogen-bond donors (Lipinski definition) is 1. The minimum absolute atomic E-state index is 0.0705. The number of hydrogen-bond acceptors (Lipinski definition) is 8. The van der Waals surface area contributed by atoms with Crippen LogP contribution in [-0.4, -0.2) is 120 Å². The van der Waals surface area contributed by atoms with E-state index in [1.807, 2.05) is 27.7 Å². The van der Waals surface area contributed by atoms with E-state index in [1.165, 1.54) is 0 Å². The number of carbonyl (C=O) groups excluding carboxylic acids is 3. The number of ether oxygens (including phenoxy) is 3. The summed E-state index contributed by atoms with van der Waals surface area (Å²) in [5, 5.41) is 10.6. The molecule has 10 nitrogen and oxygen atoms in total. The second-order valence-corrected chi connectivity index (χ2v) is 12.4. The third-order valence-corrected chi connectivity index (χ3v) is 10.1. The van der Waals surface area contributed by atoms with Gasteiger partial charge in [0.25, 0.3) is 0 Å². The predicted molar refractivity (Wildman–Crippen MR) is 154 cm³/mol. The van der Waals surface area contributed by atoms with Crippen molar-refractivity contribution >= 4 is 17.8 Å². The van der Waals surface area contributed by atoms with E-state index in [0.717, 1.165) is 13.1 Å². The molecule has 3 unspecified atom stereocenters. The van der Waals surface area contributed by atoms with Crippen molar-refractivity contribution in [1.29, 1.82) is 0 Å². The fraction of sp³-hybridized carbons (Fsp3) is 0.774. The minimum atomic E-state index is -1.19. The zero-order valence-electron chi connectivity index (χ0n) is 25.3. The van der Waals surface area contributed by atoms with Crippen molar-refractivity contribution in [2.24, 2.45) is 23.7 Å².